The maximum absolute atomic E-state index is 13.9. The van der Waals surface area contributed by atoms with Gasteiger partial charge in [-0.05, 0) is 109 Å². The molecule has 1 amide bonds. The van der Waals surface area contributed by atoms with Crippen molar-refractivity contribution in [1.29, 1.82) is 0 Å². The molecule has 14 nitrogen and oxygen atoms in total. The van der Waals surface area contributed by atoms with Crippen molar-refractivity contribution in [2.24, 2.45) is 11.3 Å². The van der Waals surface area contributed by atoms with Gasteiger partial charge < -0.3 is 24.7 Å². The predicted molar refractivity (Wildman–Crippen MR) is 243 cm³/mol. The Balaban J connectivity index is 0.923. The number of hydrogen-bond acceptors (Lipinski definition) is 11. The standard InChI is InChI=1S/C46H45Cl2N7O7S/c47-34-5-1-31(2-6-34)43(32-3-7-35(48)8-4-32)54-28-46(29-54)16-19-53(20-17-46)36-9-11-39(42(24-36)62-37-23-33-13-18-49-44(33)51-27-37)45(56)52-63(59,60)38-10-12-40(41(25-38)55(57)58)50-26-30-14-21-61-22-15-30/h1-13,18,23-25,27,30,43,50H,14-17,19-22,26,28-29H2,(H,49,51)(H,52,56). The summed E-state index contributed by atoms with van der Waals surface area (Å²) in [6.45, 7) is 5.09. The maximum atomic E-state index is 13.9. The monoisotopic (exact) mass is 909 g/mol. The fourth-order valence-electron chi connectivity index (χ4n) is 8.96. The molecule has 3 aliphatic rings. The molecule has 3 aliphatic heterocycles. The van der Waals surface area contributed by atoms with Crippen molar-refractivity contribution in [3.63, 3.8) is 0 Å². The molecular weight excluding hydrogens is 866 g/mol. The third kappa shape index (κ3) is 9.34. The van der Waals surface area contributed by atoms with Crippen LogP contribution >= 0.6 is 23.2 Å². The number of amides is 1. The number of hydrogen-bond donors (Lipinski definition) is 3. The highest BCUT2D eigenvalue weighted by Crippen LogP contribution is 2.47. The van der Waals surface area contributed by atoms with E-state index in [9.17, 15) is 23.3 Å². The van der Waals surface area contributed by atoms with E-state index in [1.54, 1.807) is 30.5 Å². The molecule has 9 rings (SSSR count). The number of fused-ring (bicyclic) bond motifs is 1. The van der Waals surface area contributed by atoms with Gasteiger partial charge in [-0.2, -0.15) is 0 Å². The van der Waals surface area contributed by atoms with E-state index < -0.39 is 31.4 Å². The van der Waals surface area contributed by atoms with Crippen molar-refractivity contribution >= 4 is 67.2 Å². The maximum Gasteiger partial charge on any atom is 0.293 e. The summed E-state index contributed by atoms with van der Waals surface area (Å²) in [4.78, 5) is 37.2. The Bertz CT molecular complexity index is 2700. The van der Waals surface area contributed by atoms with E-state index >= 15 is 0 Å². The van der Waals surface area contributed by atoms with Crippen LogP contribution in [0.4, 0.5) is 17.1 Å². The summed E-state index contributed by atoms with van der Waals surface area (Å²) in [5, 5.41) is 17.4. The van der Waals surface area contributed by atoms with Gasteiger partial charge in [0.25, 0.3) is 21.6 Å². The summed E-state index contributed by atoms with van der Waals surface area (Å²) in [5.41, 5.74) is 3.66. The van der Waals surface area contributed by atoms with Gasteiger partial charge in [0.15, 0.2) is 0 Å². The molecule has 17 heteroatoms. The summed E-state index contributed by atoms with van der Waals surface area (Å²) in [6.07, 6.45) is 6.80. The van der Waals surface area contributed by atoms with Gasteiger partial charge in [-0.3, -0.25) is 19.8 Å². The van der Waals surface area contributed by atoms with Crippen LogP contribution in [-0.2, 0) is 14.8 Å². The number of piperidine rings is 1. The molecule has 2 aromatic heterocycles. The van der Waals surface area contributed by atoms with Crippen LogP contribution in [0.5, 0.6) is 11.5 Å². The first-order valence-electron chi connectivity index (χ1n) is 20.8. The summed E-state index contributed by atoms with van der Waals surface area (Å²) < 4.78 is 41.2. The Hall–Kier alpha value is -5.71. The Labute approximate surface area is 374 Å². The number of aromatic amines is 1. The summed E-state index contributed by atoms with van der Waals surface area (Å²) >= 11 is 12.5. The molecule has 6 aromatic rings. The number of pyridine rings is 1. The van der Waals surface area contributed by atoms with Crippen LogP contribution in [0.15, 0.2) is 114 Å². The highest BCUT2D eigenvalue weighted by atomic mass is 35.5. The number of anilines is 2. The summed E-state index contributed by atoms with van der Waals surface area (Å²) in [6, 6.07) is 28.3. The average molecular weight is 911 g/mol. The minimum absolute atomic E-state index is 0.0423. The number of sulfonamides is 1. The number of ether oxygens (including phenoxy) is 2. The number of nitro benzene ring substituents is 1. The summed E-state index contributed by atoms with van der Waals surface area (Å²) in [5.74, 6) is -0.219. The fraction of sp³-hybridized carbons (Fsp3) is 0.304. The molecule has 326 valence electrons. The lowest BCUT2D eigenvalue weighted by Gasteiger charge is -2.57. The van der Waals surface area contributed by atoms with Crippen molar-refractivity contribution < 1.29 is 27.6 Å². The number of nitrogens with one attached hydrogen (secondary N) is 3. The van der Waals surface area contributed by atoms with Crippen LogP contribution < -0.4 is 19.7 Å². The Morgan fingerprint density at radius 1 is 0.937 bits per heavy atom. The molecule has 0 unspecified atom stereocenters. The molecule has 0 radical (unpaired) electrons. The second-order valence-corrected chi connectivity index (χ2v) is 19.1. The van der Waals surface area contributed by atoms with Gasteiger partial charge in [0, 0.05) is 85.4 Å². The molecule has 0 bridgehead atoms. The lowest BCUT2D eigenvalue weighted by Crippen LogP contribution is -2.61. The molecule has 4 aromatic carbocycles. The first-order chi connectivity index (χ1) is 30.4. The molecule has 0 aliphatic carbocycles. The second kappa shape index (κ2) is 17.8. The van der Waals surface area contributed by atoms with Crippen LogP contribution in [0.3, 0.4) is 0 Å². The molecule has 3 saturated heterocycles. The van der Waals surface area contributed by atoms with Crippen LogP contribution in [0.1, 0.15) is 53.2 Å². The number of halogens is 2. The number of aromatic nitrogens is 2. The minimum Gasteiger partial charge on any atom is -0.455 e. The normalized spacial score (nSPS) is 16.8. The zero-order chi connectivity index (χ0) is 43.7. The third-order valence-corrected chi connectivity index (χ3v) is 14.3. The van der Waals surface area contributed by atoms with Crippen molar-refractivity contribution in [1.82, 2.24) is 19.6 Å². The lowest BCUT2D eigenvalue weighted by atomic mass is 9.70. The number of nitrogens with zero attached hydrogens (tertiary/aromatic N) is 4. The topological polar surface area (TPSA) is 172 Å². The SMILES string of the molecule is O=C(NS(=O)(=O)c1ccc(NCC2CCOCC2)c([N+](=O)[O-])c1)c1ccc(N2CCC3(CC2)CN(C(c2ccc(Cl)cc2)c2ccc(Cl)cc2)C3)cc1Oc1cnc2[nH]ccc2c1. The smallest absolute Gasteiger partial charge is 0.293 e. The Morgan fingerprint density at radius 3 is 2.29 bits per heavy atom. The molecule has 5 heterocycles. The van der Waals surface area contributed by atoms with Crippen molar-refractivity contribution in [3.8, 4) is 11.5 Å². The number of H-pyrrole nitrogens is 1. The van der Waals surface area contributed by atoms with Crippen LogP contribution in [0, 0.1) is 21.4 Å². The molecule has 1 spiro atoms. The molecular formula is C46H45Cl2N7O7S. The Kier molecular flexibility index (Phi) is 12.0. The van der Waals surface area contributed by atoms with Gasteiger partial charge in [0.05, 0.1) is 27.6 Å². The quantitative estimate of drug-likeness (QED) is 0.0745. The van der Waals surface area contributed by atoms with Crippen molar-refractivity contribution in [2.45, 2.75) is 36.6 Å². The van der Waals surface area contributed by atoms with Crippen molar-refractivity contribution in [3.05, 3.63) is 146 Å². The van der Waals surface area contributed by atoms with Crippen LogP contribution in [-0.4, -0.2) is 80.1 Å². The molecule has 3 N–H and O–H groups in total. The molecule has 0 saturated carbocycles. The number of nitro groups is 1. The van der Waals surface area contributed by atoms with Gasteiger partial charge in [-0.1, -0.05) is 47.5 Å². The number of rotatable bonds is 13. The van der Waals surface area contributed by atoms with Crippen molar-refractivity contribution in [2.75, 3.05) is 56.2 Å². The van der Waals surface area contributed by atoms with Crippen LogP contribution in [0.2, 0.25) is 10.0 Å². The lowest BCUT2D eigenvalue weighted by molar-refractivity contribution is -0.384. The fourth-order valence-corrected chi connectivity index (χ4v) is 10.2. The van der Waals surface area contributed by atoms with Crippen LogP contribution in [0.25, 0.3) is 11.0 Å². The number of carbonyl (C=O) groups excluding carboxylic acids is 1. The highest BCUT2D eigenvalue weighted by Gasteiger charge is 2.47. The average Bonchev–Trinajstić information content (AvgIpc) is 3.75. The largest absolute Gasteiger partial charge is 0.455 e. The first-order valence-corrected chi connectivity index (χ1v) is 23.1. The predicted octanol–water partition coefficient (Wildman–Crippen LogP) is 9.22. The number of carbonyl (C=O) groups is 1. The van der Waals surface area contributed by atoms with E-state index in [2.05, 4.69) is 54.1 Å². The number of likely N-dealkylation sites (tertiary alicyclic amines) is 1. The Morgan fingerprint density at radius 2 is 1.62 bits per heavy atom. The molecule has 3 fully saturated rings. The zero-order valence-electron chi connectivity index (χ0n) is 34.1. The number of benzene rings is 4. The van der Waals surface area contributed by atoms with E-state index in [0.717, 1.165) is 80.1 Å². The van der Waals surface area contributed by atoms with E-state index in [-0.39, 0.29) is 34.4 Å². The van der Waals surface area contributed by atoms with Gasteiger partial charge in [-0.25, -0.2) is 18.1 Å². The van der Waals surface area contributed by atoms with E-state index in [1.807, 2.05) is 30.3 Å². The third-order valence-electron chi connectivity index (χ3n) is 12.4. The van der Waals surface area contributed by atoms with E-state index in [0.29, 0.717) is 41.2 Å². The van der Waals surface area contributed by atoms with Gasteiger partial charge in [-0.15, -0.1) is 0 Å². The van der Waals surface area contributed by atoms with E-state index in [1.165, 1.54) is 18.3 Å². The van der Waals surface area contributed by atoms with Gasteiger partial charge in [0.2, 0.25) is 0 Å². The van der Waals surface area contributed by atoms with Gasteiger partial charge in [0.1, 0.15) is 22.8 Å². The van der Waals surface area contributed by atoms with E-state index in [4.69, 9.17) is 32.7 Å². The molecule has 0 atom stereocenters. The first kappa shape index (κ1) is 42.6. The highest BCUT2D eigenvalue weighted by molar-refractivity contribution is 7.90. The summed E-state index contributed by atoms with van der Waals surface area (Å²) in [7, 11) is -4.56. The van der Waals surface area contributed by atoms with Gasteiger partial charge >= 0.3 is 0 Å². The minimum atomic E-state index is -4.56. The second-order valence-electron chi connectivity index (χ2n) is 16.6. The molecule has 63 heavy (non-hydrogen) atoms. The zero-order valence-corrected chi connectivity index (χ0v) is 36.5.